The number of rotatable bonds is 17. The predicted octanol–water partition coefficient (Wildman–Crippen LogP) is 2.15. The number of hydrogen-bond acceptors (Lipinski definition) is 7. The molecule has 0 aliphatic carbocycles. The van der Waals surface area contributed by atoms with Crippen LogP contribution in [0.1, 0.15) is 35.1 Å². The van der Waals surface area contributed by atoms with Crippen LogP contribution >= 0.6 is 0 Å². The fourth-order valence-electron chi connectivity index (χ4n) is 2.17. The number of ether oxygens (including phenoxy) is 3. The zero-order valence-corrected chi connectivity index (χ0v) is 17.9. The third-order valence-electron chi connectivity index (χ3n) is 3.69. The minimum absolute atomic E-state index is 0. The van der Waals surface area contributed by atoms with Crippen LogP contribution in [0, 0.1) is 0 Å². The summed E-state index contributed by atoms with van der Waals surface area (Å²) in [4.78, 5) is 28.2. The van der Waals surface area contributed by atoms with Gasteiger partial charge in [-0.1, -0.05) is 24.2 Å². The van der Waals surface area contributed by atoms with Crippen molar-refractivity contribution in [2.75, 3.05) is 46.1 Å². The molecule has 0 aromatic heterocycles. The van der Waals surface area contributed by atoms with E-state index in [9.17, 15) is 9.59 Å². The molecule has 0 fully saturated rings. The Morgan fingerprint density at radius 3 is 2.40 bits per heavy atom. The van der Waals surface area contributed by atoms with Gasteiger partial charge in [0.05, 0.1) is 26.4 Å². The molecule has 9 nitrogen and oxygen atoms in total. The molecule has 30 heavy (non-hydrogen) atoms. The quantitative estimate of drug-likeness (QED) is 0.224. The van der Waals surface area contributed by atoms with Crippen LogP contribution in [0.15, 0.2) is 29.4 Å². The highest BCUT2D eigenvalue weighted by Gasteiger charge is 2.03. The molecule has 0 heterocycles. The van der Waals surface area contributed by atoms with Crippen molar-refractivity contribution in [2.24, 2.45) is 5.16 Å². The van der Waals surface area contributed by atoms with E-state index in [1.807, 2.05) is 19.1 Å². The van der Waals surface area contributed by atoms with Crippen LogP contribution in [0.5, 0.6) is 5.75 Å². The average molecular weight is 428 g/mol. The van der Waals surface area contributed by atoms with Gasteiger partial charge in [-0.05, 0) is 31.0 Å². The number of benzene rings is 1. The molecule has 0 saturated carbocycles. The number of amides is 2. The average Bonchev–Trinajstić information content (AvgIpc) is 2.76. The minimum atomic E-state index is -0.224. The Morgan fingerprint density at radius 1 is 1.00 bits per heavy atom. The Labute approximate surface area is 181 Å². The molecule has 9 heteroatoms. The van der Waals surface area contributed by atoms with Crippen molar-refractivity contribution in [2.45, 2.75) is 33.3 Å². The van der Waals surface area contributed by atoms with Gasteiger partial charge in [0, 0.05) is 28.6 Å². The molecular weight excluding hydrogens is 390 g/mol. The van der Waals surface area contributed by atoms with E-state index in [1.165, 1.54) is 0 Å². The lowest BCUT2D eigenvalue weighted by Crippen LogP contribution is -2.31. The summed E-state index contributed by atoms with van der Waals surface area (Å²) in [6.07, 6.45) is 2.84. The third-order valence-corrected chi connectivity index (χ3v) is 3.69. The molecule has 0 spiro atoms. The van der Waals surface area contributed by atoms with Crippen molar-refractivity contribution in [1.82, 2.24) is 10.6 Å². The first-order valence-electron chi connectivity index (χ1n) is 10.2. The smallest absolute Gasteiger partial charge is 0.258 e. The molecule has 1 aromatic carbocycles. The monoisotopic (exact) mass is 427 g/mol. The van der Waals surface area contributed by atoms with Crippen molar-refractivity contribution < 1.29 is 31.5 Å². The molecule has 1 aromatic rings. The first-order chi connectivity index (χ1) is 14.7. The molecule has 0 saturated heterocycles. The highest BCUT2D eigenvalue weighted by atomic mass is 16.6. The summed E-state index contributed by atoms with van der Waals surface area (Å²) in [6.45, 7) is 6.72. The maximum absolute atomic E-state index is 11.8. The van der Waals surface area contributed by atoms with E-state index >= 15 is 0 Å². The van der Waals surface area contributed by atoms with Gasteiger partial charge in [0.1, 0.15) is 12.4 Å². The van der Waals surface area contributed by atoms with Gasteiger partial charge >= 0.3 is 0 Å². The number of hydrogen-bond donors (Lipinski definition) is 2. The number of carbonyl (C=O) groups excluding carboxylic acids is 2. The summed E-state index contributed by atoms with van der Waals surface area (Å²) in [6, 6.07) is 7.26. The molecule has 2 N–H and O–H groups in total. The van der Waals surface area contributed by atoms with Gasteiger partial charge < -0.3 is 29.7 Å². The van der Waals surface area contributed by atoms with Crippen molar-refractivity contribution >= 4 is 18.0 Å². The van der Waals surface area contributed by atoms with Gasteiger partial charge in [-0.25, -0.2) is 0 Å². The Bertz CT molecular complexity index is 632. The van der Waals surface area contributed by atoms with Crippen LogP contribution in [0.2, 0.25) is 0 Å². The SMILES string of the molecule is C/C=N/OCc1ccc(OCC(=O)NCCOCCOCCC(=O)NCCC)cc1.[HH].[HH]. The van der Waals surface area contributed by atoms with E-state index in [2.05, 4.69) is 15.8 Å². The van der Waals surface area contributed by atoms with Gasteiger partial charge in [-0.2, -0.15) is 0 Å². The van der Waals surface area contributed by atoms with Crippen molar-refractivity contribution in [3.63, 3.8) is 0 Å². The van der Waals surface area contributed by atoms with Gasteiger partial charge in [0.2, 0.25) is 5.91 Å². The number of carbonyl (C=O) groups is 2. The van der Waals surface area contributed by atoms with Gasteiger partial charge in [0.15, 0.2) is 6.61 Å². The first kappa shape index (κ1) is 25.4. The molecule has 2 amide bonds. The predicted molar refractivity (Wildman–Crippen MR) is 118 cm³/mol. The highest BCUT2D eigenvalue weighted by molar-refractivity contribution is 5.77. The lowest BCUT2D eigenvalue weighted by molar-refractivity contribution is -0.123. The summed E-state index contributed by atoms with van der Waals surface area (Å²) in [5.41, 5.74) is 0.957. The lowest BCUT2D eigenvalue weighted by Gasteiger charge is -2.09. The molecule has 1 rings (SSSR count). The first-order valence-corrected chi connectivity index (χ1v) is 10.2. The van der Waals surface area contributed by atoms with Crippen LogP contribution in [-0.4, -0.2) is 64.2 Å². The summed E-state index contributed by atoms with van der Waals surface area (Å²) >= 11 is 0. The standard InChI is InChI=1S/C21H33N3O6.2H2/c1-3-10-22-20(25)9-12-27-14-15-28-13-11-23-21(26)17-29-19-7-5-18(6-8-19)16-30-24-4-2;;/h4-8H,3,9-17H2,1-2H3,(H,22,25)(H,23,26);2*1H/b24-4+;;. The minimum Gasteiger partial charge on any atom is -0.484 e. The third kappa shape index (κ3) is 13.5. The zero-order valence-electron chi connectivity index (χ0n) is 17.9. The largest absolute Gasteiger partial charge is 0.484 e. The number of oxime groups is 1. The van der Waals surface area contributed by atoms with Crippen LogP contribution < -0.4 is 15.4 Å². The van der Waals surface area contributed by atoms with Crippen LogP contribution in [-0.2, 0) is 30.5 Å². The summed E-state index contributed by atoms with van der Waals surface area (Å²) in [5.74, 6) is 0.372. The van der Waals surface area contributed by atoms with Gasteiger partial charge in [0.25, 0.3) is 5.91 Å². The maximum Gasteiger partial charge on any atom is 0.258 e. The van der Waals surface area contributed by atoms with E-state index < -0.39 is 0 Å². The Morgan fingerprint density at radius 2 is 1.70 bits per heavy atom. The second-order valence-corrected chi connectivity index (χ2v) is 6.24. The molecule has 0 radical (unpaired) electrons. The molecule has 0 atom stereocenters. The summed E-state index contributed by atoms with van der Waals surface area (Å²) in [7, 11) is 0. The van der Waals surface area contributed by atoms with Crippen molar-refractivity contribution in [1.29, 1.82) is 0 Å². The molecular formula is C21H37N3O6. The number of nitrogens with zero attached hydrogens (tertiary/aromatic N) is 1. The zero-order chi connectivity index (χ0) is 21.9. The van der Waals surface area contributed by atoms with E-state index in [-0.39, 0.29) is 21.3 Å². The molecule has 0 unspecified atom stereocenters. The molecule has 0 bridgehead atoms. The molecule has 172 valence electrons. The van der Waals surface area contributed by atoms with Crippen molar-refractivity contribution in [3.05, 3.63) is 29.8 Å². The van der Waals surface area contributed by atoms with E-state index in [0.29, 0.717) is 58.3 Å². The van der Waals surface area contributed by atoms with Crippen LogP contribution in [0.3, 0.4) is 0 Å². The van der Waals surface area contributed by atoms with Crippen LogP contribution in [0.25, 0.3) is 0 Å². The van der Waals surface area contributed by atoms with E-state index in [1.54, 1.807) is 25.3 Å². The fraction of sp³-hybridized carbons (Fsp3) is 0.571. The topological polar surface area (TPSA) is 107 Å². The summed E-state index contributed by atoms with van der Waals surface area (Å²) in [5, 5.41) is 9.18. The normalized spacial score (nSPS) is 10.7. The van der Waals surface area contributed by atoms with Gasteiger partial charge in [-0.3, -0.25) is 9.59 Å². The van der Waals surface area contributed by atoms with E-state index in [4.69, 9.17) is 19.0 Å². The van der Waals surface area contributed by atoms with Gasteiger partial charge in [-0.15, -0.1) is 0 Å². The Hall–Kier alpha value is -2.65. The highest BCUT2D eigenvalue weighted by Crippen LogP contribution is 2.12. The fourth-order valence-corrected chi connectivity index (χ4v) is 2.17. The second kappa shape index (κ2) is 17.2. The summed E-state index contributed by atoms with van der Waals surface area (Å²) < 4.78 is 16.1. The van der Waals surface area contributed by atoms with Crippen molar-refractivity contribution in [3.8, 4) is 5.75 Å². The van der Waals surface area contributed by atoms with E-state index in [0.717, 1.165) is 12.0 Å². The Kier molecular flexibility index (Phi) is 14.6. The van der Waals surface area contributed by atoms with Crippen LogP contribution in [0.4, 0.5) is 0 Å². The lowest BCUT2D eigenvalue weighted by atomic mass is 10.2. The number of nitrogens with one attached hydrogen (secondary N) is 2. The molecule has 0 aliphatic heterocycles. The molecule has 0 aliphatic rings. The second-order valence-electron chi connectivity index (χ2n) is 6.24. The maximum atomic E-state index is 11.8. The Balaban J connectivity index is 0.